The fourth-order valence-electron chi connectivity index (χ4n) is 4.46. The first-order valence-corrected chi connectivity index (χ1v) is 10.7. The molecule has 1 amide bonds. The number of benzene rings is 1. The fraction of sp³-hybridized carbons (Fsp3) is 0.565. The molecule has 2 aromatic rings. The van der Waals surface area contributed by atoms with E-state index >= 15 is 0 Å². The topological polar surface area (TPSA) is 82.2 Å². The van der Waals surface area contributed by atoms with Crippen molar-refractivity contribution >= 4 is 11.7 Å². The van der Waals surface area contributed by atoms with Gasteiger partial charge in [0, 0.05) is 24.1 Å². The van der Waals surface area contributed by atoms with Crippen molar-refractivity contribution < 1.29 is 9.53 Å². The largest absolute Gasteiger partial charge is 0.497 e. The van der Waals surface area contributed by atoms with Gasteiger partial charge in [0.1, 0.15) is 11.6 Å². The van der Waals surface area contributed by atoms with Crippen molar-refractivity contribution in [3.05, 3.63) is 30.3 Å². The highest BCUT2D eigenvalue weighted by atomic mass is 16.5. The molecule has 3 atom stereocenters. The number of nitrogens with one attached hydrogen (secondary N) is 1. The smallest absolute Gasteiger partial charge is 0.228 e. The van der Waals surface area contributed by atoms with Crippen molar-refractivity contribution in [2.24, 2.45) is 29.4 Å². The second kappa shape index (κ2) is 9.44. The molecule has 0 bridgehead atoms. The van der Waals surface area contributed by atoms with Gasteiger partial charge in [-0.05, 0) is 42.7 Å². The normalized spacial score (nSPS) is 21.9. The van der Waals surface area contributed by atoms with Gasteiger partial charge >= 0.3 is 0 Å². The molecule has 3 unspecified atom stereocenters. The molecule has 0 radical (unpaired) electrons. The highest BCUT2D eigenvalue weighted by Gasteiger charge is 2.35. The summed E-state index contributed by atoms with van der Waals surface area (Å²) in [5, 5.41) is 7.84. The second-order valence-electron chi connectivity index (χ2n) is 8.58. The highest BCUT2D eigenvalue weighted by molar-refractivity contribution is 5.92. The van der Waals surface area contributed by atoms with Gasteiger partial charge in [-0.25, -0.2) is 4.68 Å². The third-order valence-corrected chi connectivity index (χ3v) is 6.10. The van der Waals surface area contributed by atoms with Crippen molar-refractivity contribution in [2.75, 3.05) is 19.0 Å². The van der Waals surface area contributed by atoms with Crippen LogP contribution >= 0.6 is 0 Å². The Balaban J connectivity index is 1.85. The summed E-state index contributed by atoms with van der Waals surface area (Å²) in [5.41, 5.74) is 7.53. The summed E-state index contributed by atoms with van der Waals surface area (Å²) in [7, 11) is 1.65. The van der Waals surface area contributed by atoms with Gasteiger partial charge in [0.2, 0.25) is 5.91 Å². The zero-order valence-corrected chi connectivity index (χ0v) is 18.0. The molecule has 1 saturated carbocycles. The molecule has 0 spiro atoms. The molecule has 29 heavy (non-hydrogen) atoms. The van der Waals surface area contributed by atoms with Crippen LogP contribution in [-0.4, -0.2) is 29.3 Å². The number of hydrogen-bond acceptors (Lipinski definition) is 4. The lowest BCUT2D eigenvalue weighted by atomic mass is 9.70. The number of aromatic nitrogens is 2. The first-order valence-electron chi connectivity index (χ1n) is 10.7. The Morgan fingerprint density at radius 1 is 1.34 bits per heavy atom. The van der Waals surface area contributed by atoms with Crippen LogP contribution in [0.4, 0.5) is 5.82 Å². The van der Waals surface area contributed by atoms with Crippen LogP contribution in [0.25, 0.3) is 11.3 Å². The van der Waals surface area contributed by atoms with Crippen molar-refractivity contribution in [1.82, 2.24) is 9.78 Å². The summed E-state index contributed by atoms with van der Waals surface area (Å²) >= 11 is 0. The van der Waals surface area contributed by atoms with E-state index in [2.05, 4.69) is 31.2 Å². The molecule has 1 aromatic carbocycles. The molecular formula is C23H34N4O2. The summed E-state index contributed by atoms with van der Waals surface area (Å²) in [6.45, 7) is 7.70. The van der Waals surface area contributed by atoms with Crippen molar-refractivity contribution in [1.29, 1.82) is 0 Å². The van der Waals surface area contributed by atoms with Gasteiger partial charge in [0.25, 0.3) is 0 Å². The van der Waals surface area contributed by atoms with E-state index in [4.69, 9.17) is 10.5 Å². The van der Waals surface area contributed by atoms with Crippen molar-refractivity contribution in [3.63, 3.8) is 0 Å². The standard InChI is InChI=1S/C23H34N4O2/c1-15(2)19-9-8-16(3)12-20(19)23(28)25-22-14-21(26-27(22)11-10-24)17-6-5-7-18(13-17)29-4/h5-7,13-16,19-20H,8-12,24H2,1-4H3,(H,25,28). The van der Waals surface area contributed by atoms with Gasteiger partial charge in [-0.15, -0.1) is 0 Å². The number of amides is 1. The van der Waals surface area contributed by atoms with Crippen LogP contribution < -0.4 is 15.8 Å². The Morgan fingerprint density at radius 2 is 2.14 bits per heavy atom. The summed E-state index contributed by atoms with van der Waals surface area (Å²) in [6, 6.07) is 9.70. The molecule has 1 aromatic heterocycles. The summed E-state index contributed by atoms with van der Waals surface area (Å²) < 4.78 is 7.12. The van der Waals surface area contributed by atoms with Gasteiger partial charge in [0.05, 0.1) is 19.3 Å². The van der Waals surface area contributed by atoms with E-state index in [0.717, 1.165) is 29.8 Å². The van der Waals surface area contributed by atoms with Crippen LogP contribution in [0.5, 0.6) is 5.75 Å². The molecule has 3 N–H and O–H groups in total. The average molecular weight is 399 g/mol. The SMILES string of the molecule is COc1cccc(-c2cc(NC(=O)C3CC(C)CCC3C(C)C)n(CCN)n2)c1. The number of rotatable bonds is 7. The maximum Gasteiger partial charge on any atom is 0.228 e. The van der Waals surface area contributed by atoms with Gasteiger partial charge in [-0.3, -0.25) is 4.79 Å². The fourth-order valence-corrected chi connectivity index (χ4v) is 4.46. The number of nitrogens with two attached hydrogens (primary N) is 1. The monoisotopic (exact) mass is 398 g/mol. The van der Waals surface area contributed by atoms with E-state index in [1.807, 2.05) is 30.3 Å². The number of hydrogen-bond donors (Lipinski definition) is 2. The Morgan fingerprint density at radius 3 is 2.83 bits per heavy atom. The van der Waals surface area contributed by atoms with Crippen LogP contribution in [0.15, 0.2) is 30.3 Å². The molecule has 1 aliphatic carbocycles. The number of anilines is 1. The Labute approximate surface area is 173 Å². The van der Waals surface area contributed by atoms with Crippen LogP contribution in [0.2, 0.25) is 0 Å². The zero-order chi connectivity index (χ0) is 21.0. The first-order chi connectivity index (χ1) is 13.9. The predicted molar refractivity (Wildman–Crippen MR) is 117 cm³/mol. The molecule has 0 saturated heterocycles. The third kappa shape index (κ3) is 4.99. The first kappa shape index (κ1) is 21.4. The summed E-state index contributed by atoms with van der Waals surface area (Å²) in [5.74, 6) is 3.14. The lowest BCUT2D eigenvalue weighted by Crippen LogP contribution is -2.37. The van der Waals surface area contributed by atoms with Gasteiger partial charge in [-0.2, -0.15) is 5.10 Å². The number of methoxy groups -OCH3 is 1. The minimum absolute atomic E-state index is 0.0419. The minimum atomic E-state index is 0.0419. The van der Waals surface area contributed by atoms with Crippen LogP contribution in [0.3, 0.4) is 0 Å². The number of carbonyl (C=O) groups is 1. The van der Waals surface area contributed by atoms with E-state index in [1.165, 1.54) is 6.42 Å². The van der Waals surface area contributed by atoms with E-state index in [-0.39, 0.29) is 11.8 Å². The van der Waals surface area contributed by atoms with E-state index in [1.54, 1.807) is 11.8 Å². The number of carbonyl (C=O) groups excluding carboxylic acids is 1. The minimum Gasteiger partial charge on any atom is -0.497 e. The maximum atomic E-state index is 13.2. The quantitative estimate of drug-likeness (QED) is 0.733. The van der Waals surface area contributed by atoms with E-state index in [0.29, 0.717) is 36.7 Å². The lowest BCUT2D eigenvalue weighted by molar-refractivity contribution is -0.124. The Bertz CT molecular complexity index is 830. The summed E-state index contributed by atoms with van der Waals surface area (Å²) in [4.78, 5) is 13.2. The van der Waals surface area contributed by atoms with Crippen LogP contribution in [-0.2, 0) is 11.3 Å². The maximum absolute atomic E-state index is 13.2. The molecule has 0 aliphatic heterocycles. The zero-order valence-electron chi connectivity index (χ0n) is 18.0. The Kier molecular flexibility index (Phi) is 6.96. The molecule has 1 fully saturated rings. The highest BCUT2D eigenvalue weighted by Crippen LogP contribution is 2.38. The molecule has 158 valence electrons. The van der Waals surface area contributed by atoms with Crippen LogP contribution in [0.1, 0.15) is 40.0 Å². The number of nitrogens with zero attached hydrogens (tertiary/aromatic N) is 2. The van der Waals surface area contributed by atoms with Gasteiger partial charge in [0.15, 0.2) is 0 Å². The lowest BCUT2D eigenvalue weighted by Gasteiger charge is -2.36. The molecule has 6 heteroatoms. The van der Waals surface area contributed by atoms with Crippen molar-refractivity contribution in [3.8, 4) is 17.0 Å². The average Bonchev–Trinajstić information content (AvgIpc) is 3.10. The van der Waals surface area contributed by atoms with E-state index in [9.17, 15) is 4.79 Å². The second-order valence-corrected chi connectivity index (χ2v) is 8.58. The molecule has 3 rings (SSSR count). The third-order valence-electron chi connectivity index (χ3n) is 6.10. The van der Waals surface area contributed by atoms with Gasteiger partial charge in [-0.1, -0.05) is 39.3 Å². The van der Waals surface area contributed by atoms with Crippen LogP contribution in [0, 0.1) is 23.7 Å². The Hall–Kier alpha value is -2.34. The molecule has 1 aliphatic rings. The molecule has 6 nitrogen and oxygen atoms in total. The molecular weight excluding hydrogens is 364 g/mol. The van der Waals surface area contributed by atoms with Gasteiger partial charge < -0.3 is 15.8 Å². The number of ether oxygens (including phenoxy) is 1. The van der Waals surface area contributed by atoms with E-state index < -0.39 is 0 Å². The predicted octanol–water partition coefficient (Wildman–Crippen LogP) is 4.16. The summed E-state index contributed by atoms with van der Waals surface area (Å²) in [6.07, 6.45) is 3.27. The molecule has 1 heterocycles. The van der Waals surface area contributed by atoms with Crippen molar-refractivity contribution in [2.45, 2.75) is 46.6 Å².